The molecule has 2 heterocycles. The molecule has 0 aromatic heterocycles. The van der Waals surface area contributed by atoms with Crippen molar-refractivity contribution in [3.05, 3.63) is 0 Å². The van der Waals surface area contributed by atoms with Crippen LogP contribution in [0.3, 0.4) is 0 Å². The lowest BCUT2D eigenvalue weighted by Gasteiger charge is -2.35. The van der Waals surface area contributed by atoms with Crippen molar-refractivity contribution in [1.82, 2.24) is 10.2 Å². The third-order valence-corrected chi connectivity index (χ3v) is 4.33. The van der Waals surface area contributed by atoms with Gasteiger partial charge in [-0.2, -0.15) is 0 Å². The minimum absolute atomic E-state index is 0.758. The van der Waals surface area contributed by atoms with Crippen molar-refractivity contribution in [2.45, 2.75) is 57.9 Å². The maximum absolute atomic E-state index is 3.71. The first-order valence-corrected chi connectivity index (χ1v) is 7.32. The van der Waals surface area contributed by atoms with Crippen LogP contribution in [-0.2, 0) is 0 Å². The quantitative estimate of drug-likeness (QED) is 0.776. The van der Waals surface area contributed by atoms with Gasteiger partial charge in [0.25, 0.3) is 0 Å². The number of nitrogens with one attached hydrogen (secondary N) is 1. The van der Waals surface area contributed by atoms with Gasteiger partial charge < -0.3 is 10.2 Å². The number of likely N-dealkylation sites (tertiary alicyclic amines) is 1. The highest BCUT2D eigenvalue weighted by Crippen LogP contribution is 2.18. The van der Waals surface area contributed by atoms with Gasteiger partial charge >= 0.3 is 0 Å². The van der Waals surface area contributed by atoms with Crippen LogP contribution in [0, 0.1) is 5.92 Å². The molecule has 0 spiro atoms. The highest BCUT2D eigenvalue weighted by Gasteiger charge is 2.22. The Labute approximate surface area is 101 Å². The van der Waals surface area contributed by atoms with E-state index in [0.29, 0.717) is 0 Å². The Morgan fingerprint density at radius 2 is 1.69 bits per heavy atom. The van der Waals surface area contributed by atoms with E-state index < -0.39 is 0 Å². The molecule has 0 amide bonds. The second-order valence-electron chi connectivity index (χ2n) is 5.75. The molecule has 2 saturated heterocycles. The lowest BCUT2D eigenvalue weighted by molar-refractivity contribution is 0.179. The molecule has 0 aromatic rings. The highest BCUT2D eigenvalue weighted by molar-refractivity contribution is 4.81. The van der Waals surface area contributed by atoms with Gasteiger partial charge in [0, 0.05) is 12.6 Å². The second kappa shape index (κ2) is 6.61. The molecule has 0 aliphatic carbocycles. The fraction of sp³-hybridized carbons (Fsp3) is 1.00. The Morgan fingerprint density at radius 3 is 2.38 bits per heavy atom. The van der Waals surface area contributed by atoms with Gasteiger partial charge in [-0.3, -0.25) is 0 Å². The predicted octanol–water partition coefficient (Wildman–Crippen LogP) is 2.64. The van der Waals surface area contributed by atoms with E-state index in [0.717, 1.165) is 12.0 Å². The first kappa shape index (κ1) is 12.4. The molecule has 2 fully saturated rings. The van der Waals surface area contributed by atoms with Gasteiger partial charge in [-0.25, -0.2) is 0 Å². The van der Waals surface area contributed by atoms with E-state index >= 15 is 0 Å². The van der Waals surface area contributed by atoms with Crippen LogP contribution in [0.5, 0.6) is 0 Å². The van der Waals surface area contributed by atoms with Gasteiger partial charge in [-0.05, 0) is 51.2 Å². The number of hydrogen-bond donors (Lipinski definition) is 1. The van der Waals surface area contributed by atoms with Crippen LogP contribution in [0.1, 0.15) is 51.9 Å². The van der Waals surface area contributed by atoms with E-state index in [1.54, 1.807) is 0 Å². The molecular weight excluding hydrogens is 196 g/mol. The summed E-state index contributed by atoms with van der Waals surface area (Å²) in [6.07, 6.45) is 9.99. The molecule has 94 valence electrons. The monoisotopic (exact) mass is 224 g/mol. The highest BCUT2D eigenvalue weighted by atomic mass is 15.1. The zero-order valence-corrected chi connectivity index (χ0v) is 10.9. The minimum atomic E-state index is 0.758. The van der Waals surface area contributed by atoms with Gasteiger partial charge in [0.05, 0.1) is 0 Å². The van der Waals surface area contributed by atoms with Gasteiger partial charge in [-0.1, -0.05) is 26.2 Å². The smallest absolute Gasteiger partial charge is 0.0220 e. The molecule has 2 aliphatic heterocycles. The van der Waals surface area contributed by atoms with Gasteiger partial charge in [0.2, 0.25) is 0 Å². The van der Waals surface area contributed by atoms with Crippen LogP contribution in [0.2, 0.25) is 0 Å². The van der Waals surface area contributed by atoms with Crippen LogP contribution >= 0.6 is 0 Å². The van der Waals surface area contributed by atoms with E-state index in [9.17, 15) is 0 Å². The van der Waals surface area contributed by atoms with Crippen LogP contribution in [0.25, 0.3) is 0 Å². The van der Waals surface area contributed by atoms with Gasteiger partial charge in [0.1, 0.15) is 0 Å². The summed E-state index contributed by atoms with van der Waals surface area (Å²) in [6.45, 7) is 7.63. The Hall–Kier alpha value is -0.0800. The molecule has 2 unspecified atom stereocenters. The van der Waals surface area contributed by atoms with Crippen LogP contribution in [0.15, 0.2) is 0 Å². The number of hydrogen-bond acceptors (Lipinski definition) is 2. The molecular formula is C14H28N2. The van der Waals surface area contributed by atoms with E-state index in [-0.39, 0.29) is 0 Å². The molecule has 16 heavy (non-hydrogen) atoms. The van der Waals surface area contributed by atoms with Crippen molar-refractivity contribution in [2.24, 2.45) is 5.92 Å². The molecule has 1 N–H and O–H groups in total. The molecule has 2 nitrogen and oxygen atoms in total. The van der Waals surface area contributed by atoms with Crippen molar-refractivity contribution in [3.8, 4) is 0 Å². The van der Waals surface area contributed by atoms with Crippen molar-refractivity contribution in [1.29, 1.82) is 0 Å². The Balaban J connectivity index is 1.77. The summed E-state index contributed by atoms with van der Waals surface area (Å²) >= 11 is 0. The molecule has 0 saturated carbocycles. The summed E-state index contributed by atoms with van der Waals surface area (Å²) in [5.74, 6) is 0.874. The van der Waals surface area contributed by atoms with Crippen LogP contribution in [0.4, 0.5) is 0 Å². The standard InChI is InChI=1S/C14H28N2/c1-13-8-7-9-15-14(13)12-16-10-5-3-2-4-6-11-16/h13-15H,2-12H2,1H3. The number of rotatable bonds is 2. The van der Waals surface area contributed by atoms with Crippen LogP contribution < -0.4 is 5.32 Å². The summed E-state index contributed by atoms with van der Waals surface area (Å²) in [5, 5.41) is 3.71. The maximum atomic E-state index is 3.71. The second-order valence-corrected chi connectivity index (χ2v) is 5.75. The summed E-state index contributed by atoms with van der Waals surface area (Å²) in [6, 6.07) is 0.758. The van der Waals surface area contributed by atoms with Crippen molar-refractivity contribution >= 4 is 0 Å². The molecule has 2 rings (SSSR count). The third kappa shape index (κ3) is 3.74. The summed E-state index contributed by atoms with van der Waals surface area (Å²) in [5.41, 5.74) is 0. The lowest BCUT2D eigenvalue weighted by atomic mass is 9.92. The topological polar surface area (TPSA) is 15.3 Å². The fourth-order valence-electron chi connectivity index (χ4n) is 3.13. The van der Waals surface area contributed by atoms with E-state index in [2.05, 4.69) is 17.1 Å². The summed E-state index contributed by atoms with van der Waals surface area (Å²) < 4.78 is 0. The average molecular weight is 224 g/mol. The molecule has 0 bridgehead atoms. The normalized spacial score (nSPS) is 34.3. The van der Waals surface area contributed by atoms with Crippen molar-refractivity contribution in [2.75, 3.05) is 26.2 Å². The lowest BCUT2D eigenvalue weighted by Crippen LogP contribution is -2.48. The van der Waals surface area contributed by atoms with Crippen molar-refractivity contribution in [3.63, 3.8) is 0 Å². The van der Waals surface area contributed by atoms with Crippen molar-refractivity contribution < 1.29 is 0 Å². The zero-order valence-electron chi connectivity index (χ0n) is 10.9. The third-order valence-electron chi connectivity index (χ3n) is 4.33. The average Bonchev–Trinajstić information content (AvgIpc) is 2.24. The SMILES string of the molecule is CC1CCCNC1CN1CCCCCCC1. The van der Waals surface area contributed by atoms with Gasteiger partial charge in [0.15, 0.2) is 0 Å². The first-order chi connectivity index (χ1) is 7.86. The Bertz CT molecular complexity index is 185. The fourth-order valence-corrected chi connectivity index (χ4v) is 3.13. The molecule has 0 radical (unpaired) electrons. The van der Waals surface area contributed by atoms with Gasteiger partial charge in [-0.15, -0.1) is 0 Å². The number of nitrogens with zero attached hydrogens (tertiary/aromatic N) is 1. The Morgan fingerprint density at radius 1 is 1.00 bits per heavy atom. The summed E-state index contributed by atoms with van der Waals surface area (Å²) in [7, 11) is 0. The van der Waals surface area contributed by atoms with E-state index in [1.165, 1.54) is 71.1 Å². The molecule has 2 heteroatoms. The largest absolute Gasteiger partial charge is 0.312 e. The zero-order chi connectivity index (χ0) is 11.2. The predicted molar refractivity (Wildman–Crippen MR) is 69.7 cm³/mol. The Kier molecular flexibility index (Phi) is 5.11. The van der Waals surface area contributed by atoms with Crippen LogP contribution in [-0.4, -0.2) is 37.1 Å². The van der Waals surface area contributed by atoms with E-state index in [4.69, 9.17) is 0 Å². The maximum Gasteiger partial charge on any atom is 0.0220 e. The molecule has 0 aromatic carbocycles. The minimum Gasteiger partial charge on any atom is -0.312 e. The summed E-state index contributed by atoms with van der Waals surface area (Å²) in [4.78, 5) is 2.71. The molecule has 2 atom stereocenters. The first-order valence-electron chi connectivity index (χ1n) is 7.32. The van der Waals surface area contributed by atoms with E-state index in [1.807, 2.05) is 0 Å². The molecule has 2 aliphatic rings. The number of piperidine rings is 1.